The molecule has 0 bridgehead atoms. The van der Waals surface area contributed by atoms with Crippen LogP contribution in [-0.2, 0) is 19.9 Å². The van der Waals surface area contributed by atoms with Gasteiger partial charge in [0.2, 0.25) is 0 Å². The fourth-order valence-corrected chi connectivity index (χ4v) is 3.45. The fourth-order valence-electron chi connectivity index (χ4n) is 2.67. The minimum atomic E-state index is 0.231. The van der Waals surface area contributed by atoms with Crippen molar-refractivity contribution in [2.75, 3.05) is 7.05 Å². The number of aromatic nitrogens is 3. The largest absolute Gasteiger partial charge is 0.313 e. The van der Waals surface area contributed by atoms with E-state index in [0.717, 1.165) is 34.4 Å². The molecule has 2 aromatic rings. The minimum absolute atomic E-state index is 0.231. The third-order valence-electron chi connectivity index (χ3n) is 3.89. The van der Waals surface area contributed by atoms with Gasteiger partial charge in [0.1, 0.15) is 0 Å². The van der Waals surface area contributed by atoms with E-state index >= 15 is 0 Å². The van der Waals surface area contributed by atoms with Crippen LogP contribution in [0.3, 0.4) is 0 Å². The number of nitrogens with zero attached hydrogens (tertiary/aromatic N) is 3. The molecule has 0 spiro atoms. The molecule has 1 atom stereocenters. The van der Waals surface area contributed by atoms with Crippen LogP contribution < -0.4 is 5.32 Å². The molecule has 0 radical (unpaired) electrons. The highest BCUT2D eigenvalue weighted by Gasteiger charge is 2.19. The highest BCUT2D eigenvalue weighted by atomic mass is 79.9. The Morgan fingerprint density at radius 2 is 2.05 bits per heavy atom. The van der Waals surface area contributed by atoms with Gasteiger partial charge in [0.25, 0.3) is 0 Å². The lowest BCUT2D eigenvalue weighted by Crippen LogP contribution is -2.21. The molecule has 1 unspecified atom stereocenters. The van der Waals surface area contributed by atoms with Crippen LogP contribution in [0.4, 0.5) is 0 Å². The summed E-state index contributed by atoms with van der Waals surface area (Å²) in [6.07, 6.45) is 1.82. The smallest absolute Gasteiger partial charge is 0.0766 e. The normalized spacial score (nSPS) is 12.7. The lowest BCUT2D eigenvalue weighted by atomic mass is 10.00. The van der Waals surface area contributed by atoms with E-state index in [4.69, 9.17) is 0 Å². The maximum atomic E-state index is 4.58. The molecule has 0 aliphatic carbocycles. The van der Waals surface area contributed by atoms with E-state index in [0.29, 0.717) is 0 Å². The zero-order valence-electron chi connectivity index (χ0n) is 13.4. The van der Waals surface area contributed by atoms with Gasteiger partial charge >= 0.3 is 0 Å². The predicted molar refractivity (Wildman–Crippen MR) is 89.5 cm³/mol. The van der Waals surface area contributed by atoms with Crippen LogP contribution in [0.1, 0.15) is 41.3 Å². The molecule has 0 aliphatic rings. The van der Waals surface area contributed by atoms with Crippen LogP contribution in [0, 0.1) is 13.8 Å². The standard InChI is InChI=1S/C16H23BrN4/c1-6-13-16(17)15(21(5)20-13)9-14(18-4)12-8-7-10(2)19-11(12)3/h7-8,14,18H,6,9H2,1-5H3. The van der Waals surface area contributed by atoms with Crippen molar-refractivity contribution in [2.24, 2.45) is 7.05 Å². The summed E-state index contributed by atoms with van der Waals surface area (Å²) in [5, 5.41) is 7.98. The summed E-state index contributed by atoms with van der Waals surface area (Å²) in [6.45, 7) is 6.22. The average molecular weight is 351 g/mol. The highest BCUT2D eigenvalue weighted by Crippen LogP contribution is 2.27. The third-order valence-corrected chi connectivity index (χ3v) is 4.81. The molecule has 5 heteroatoms. The van der Waals surface area contributed by atoms with Crippen LogP contribution in [0.25, 0.3) is 0 Å². The maximum Gasteiger partial charge on any atom is 0.0766 e. The summed E-state index contributed by atoms with van der Waals surface area (Å²) in [5.74, 6) is 0. The first-order valence-corrected chi connectivity index (χ1v) is 8.08. The topological polar surface area (TPSA) is 42.7 Å². The summed E-state index contributed by atoms with van der Waals surface area (Å²) in [5.41, 5.74) is 5.71. The Bertz CT molecular complexity index is 633. The van der Waals surface area contributed by atoms with E-state index in [2.05, 4.69) is 57.3 Å². The fraction of sp³-hybridized carbons (Fsp3) is 0.500. The first kappa shape index (κ1) is 16.2. The van der Waals surface area contributed by atoms with E-state index in [1.165, 1.54) is 11.3 Å². The van der Waals surface area contributed by atoms with Crippen molar-refractivity contribution in [3.8, 4) is 0 Å². The molecule has 2 aromatic heterocycles. The van der Waals surface area contributed by atoms with Crippen LogP contribution in [0.5, 0.6) is 0 Å². The first-order chi connectivity index (χ1) is 9.97. The monoisotopic (exact) mass is 350 g/mol. The number of rotatable bonds is 5. The number of likely N-dealkylation sites (N-methyl/N-ethyl adjacent to an activating group) is 1. The second-order valence-electron chi connectivity index (χ2n) is 5.36. The number of nitrogens with one attached hydrogen (secondary N) is 1. The van der Waals surface area contributed by atoms with Crippen molar-refractivity contribution in [2.45, 2.75) is 39.7 Å². The molecule has 2 rings (SSSR count). The number of aryl methyl sites for hydroxylation is 4. The number of hydrogen-bond donors (Lipinski definition) is 1. The van der Waals surface area contributed by atoms with E-state index in [1.807, 2.05) is 25.7 Å². The van der Waals surface area contributed by atoms with Gasteiger partial charge in [-0.05, 0) is 54.9 Å². The Hall–Kier alpha value is -1.20. The molecule has 0 aromatic carbocycles. The van der Waals surface area contributed by atoms with Crippen molar-refractivity contribution in [3.63, 3.8) is 0 Å². The Morgan fingerprint density at radius 3 is 2.57 bits per heavy atom. The van der Waals surface area contributed by atoms with E-state index in [9.17, 15) is 0 Å². The zero-order chi connectivity index (χ0) is 15.6. The molecule has 0 saturated carbocycles. The number of hydrogen-bond acceptors (Lipinski definition) is 3. The van der Waals surface area contributed by atoms with Crippen LogP contribution in [0.2, 0.25) is 0 Å². The summed E-state index contributed by atoms with van der Waals surface area (Å²) < 4.78 is 3.11. The van der Waals surface area contributed by atoms with Crippen LogP contribution in [0.15, 0.2) is 16.6 Å². The van der Waals surface area contributed by atoms with Crippen LogP contribution in [-0.4, -0.2) is 21.8 Å². The van der Waals surface area contributed by atoms with E-state index < -0.39 is 0 Å². The minimum Gasteiger partial charge on any atom is -0.313 e. The van der Waals surface area contributed by atoms with Gasteiger partial charge in [0.15, 0.2) is 0 Å². The Labute approximate surface area is 135 Å². The van der Waals surface area contributed by atoms with Crippen molar-refractivity contribution in [3.05, 3.63) is 44.9 Å². The van der Waals surface area contributed by atoms with Crippen molar-refractivity contribution in [1.82, 2.24) is 20.1 Å². The summed E-state index contributed by atoms with van der Waals surface area (Å²) in [4.78, 5) is 4.58. The van der Waals surface area contributed by atoms with Crippen LogP contribution >= 0.6 is 15.9 Å². The molecule has 0 saturated heterocycles. The van der Waals surface area contributed by atoms with Gasteiger partial charge < -0.3 is 5.32 Å². The van der Waals surface area contributed by atoms with Gasteiger partial charge in [-0.2, -0.15) is 5.10 Å². The molecule has 2 heterocycles. The summed E-state index contributed by atoms with van der Waals surface area (Å²) in [6, 6.07) is 4.47. The quantitative estimate of drug-likeness (QED) is 0.899. The highest BCUT2D eigenvalue weighted by molar-refractivity contribution is 9.10. The second-order valence-corrected chi connectivity index (χ2v) is 6.15. The molecule has 1 N–H and O–H groups in total. The van der Waals surface area contributed by atoms with Gasteiger partial charge in [0, 0.05) is 30.9 Å². The van der Waals surface area contributed by atoms with Gasteiger partial charge in [-0.1, -0.05) is 13.0 Å². The van der Waals surface area contributed by atoms with E-state index in [1.54, 1.807) is 0 Å². The molecular formula is C16H23BrN4. The SMILES string of the molecule is CCc1nn(C)c(CC(NC)c2ccc(C)nc2C)c1Br. The molecule has 0 amide bonds. The van der Waals surface area contributed by atoms with Crippen molar-refractivity contribution < 1.29 is 0 Å². The molecule has 0 fully saturated rings. The summed E-state index contributed by atoms with van der Waals surface area (Å²) >= 11 is 3.70. The maximum absolute atomic E-state index is 4.58. The second kappa shape index (κ2) is 6.71. The molecule has 21 heavy (non-hydrogen) atoms. The van der Waals surface area contributed by atoms with Gasteiger partial charge in [-0.25, -0.2) is 0 Å². The van der Waals surface area contributed by atoms with Gasteiger partial charge in [0.05, 0.1) is 15.9 Å². The van der Waals surface area contributed by atoms with Gasteiger partial charge in [-0.15, -0.1) is 0 Å². The lowest BCUT2D eigenvalue weighted by molar-refractivity contribution is 0.555. The van der Waals surface area contributed by atoms with Crippen molar-refractivity contribution >= 4 is 15.9 Å². The van der Waals surface area contributed by atoms with Crippen molar-refractivity contribution in [1.29, 1.82) is 0 Å². The molecule has 114 valence electrons. The average Bonchev–Trinajstić information content (AvgIpc) is 2.72. The zero-order valence-corrected chi connectivity index (χ0v) is 15.0. The third kappa shape index (κ3) is 3.35. The number of halogens is 1. The van der Waals surface area contributed by atoms with E-state index in [-0.39, 0.29) is 6.04 Å². The lowest BCUT2D eigenvalue weighted by Gasteiger charge is -2.19. The first-order valence-electron chi connectivity index (χ1n) is 7.29. The molecule has 0 aliphatic heterocycles. The Balaban J connectivity index is 2.33. The summed E-state index contributed by atoms with van der Waals surface area (Å²) in [7, 11) is 4.00. The molecule has 4 nitrogen and oxygen atoms in total. The van der Waals surface area contributed by atoms with Gasteiger partial charge in [-0.3, -0.25) is 9.67 Å². The molecular weight excluding hydrogens is 328 g/mol. The Morgan fingerprint density at radius 1 is 1.33 bits per heavy atom. The Kier molecular flexibility index (Phi) is 5.17. The predicted octanol–water partition coefficient (Wildman–Crippen LogP) is 3.26. The number of pyridine rings is 1.